The predicted molar refractivity (Wildman–Crippen MR) is 86.3 cm³/mol. The highest BCUT2D eigenvalue weighted by Crippen LogP contribution is 2.38. The smallest absolute Gasteiger partial charge is 0.321 e. The monoisotopic (exact) mass is 342 g/mol. The lowest BCUT2D eigenvalue weighted by molar-refractivity contribution is -0.141. The Morgan fingerprint density at radius 2 is 2.23 bits per heavy atom. The largest absolute Gasteiger partial charge is 0.507 e. The van der Waals surface area contributed by atoms with Crippen LogP contribution in [0.2, 0.25) is 0 Å². The number of carboxylic acid groups (broad SMARTS) is 1. The van der Waals surface area contributed by atoms with Gasteiger partial charge in [0.15, 0.2) is 0 Å². The molecular weight excluding hydrogens is 327 g/mol. The van der Waals surface area contributed by atoms with Crippen LogP contribution in [0, 0.1) is 5.82 Å². The van der Waals surface area contributed by atoms with Gasteiger partial charge in [-0.15, -0.1) is 23.5 Å². The van der Waals surface area contributed by atoms with Crippen molar-refractivity contribution < 1.29 is 19.4 Å². The van der Waals surface area contributed by atoms with E-state index in [-0.39, 0.29) is 22.7 Å². The number of carbonyl (C=O) groups is 1. The van der Waals surface area contributed by atoms with Gasteiger partial charge in [0.25, 0.3) is 0 Å². The number of phenols is 1. The Bertz CT molecular complexity index is 620. The van der Waals surface area contributed by atoms with Crippen LogP contribution in [0.1, 0.15) is 5.56 Å². The van der Waals surface area contributed by atoms with Crippen LogP contribution < -0.4 is 0 Å². The quantitative estimate of drug-likeness (QED) is 0.873. The Morgan fingerprint density at radius 3 is 2.86 bits per heavy atom. The molecule has 2 aliphatic rings. The van der Waals surface area contributed by atoms with Gasteiger partial charge < -0.3 is 10.2 Å². The minimum absolute atomic E-state index is 0.0417. The van der Waals surface area contributed by atoms with Crippen molar-refractivity contribution in [3.8, 4) is 5.75 Å². The molecule has 0 amide bonds. The minimum atomic E-state index is -0.834. The summed E-state index contributed by atoms with van der Waals surface area (Å²) in [5, 5.41) is 19.4. The van der Waals surface area contributed by atoms with Crippen LogP contribution in [-0.4, -0.2) is 62.1 Å². The second-order valence-corrected chi connectivity index (χ2v) is 7.35. The van der Waals surface area contributed by atoms with Gasteiger partial charge in [-0.3, -0.25) is 14.7 Å². The molecule has 1 aromatic rings. The van der Waals surface area contributed by atoms with Crippen LogP contribution in [0.3, 0.4) is 0 Å². The lowest BCUT2D eigenvalue weighted by Gasteiger charge is -2.24. The third-order valence-electron chi connectivity index (χ3n) is 3.81. The molecule has 3 rings (SSSR count). The maximum atomic E-state index is 13.9. The standard InChI is InChI=1S/C14H15FN2O3S2/c1-17-9(14(19)20)6-22-13(17)8-5-21-12(16-8)11-7(15)3-2-4-10(11)18/h2-4,8-9,13,18H,5-6H2,1H3,(H,19,20)/t8?,9-,13?/m1/s1. The molecule has 0 saturated carbocycles. The number of halogens is 1. The number of nitrogens with zero attached hydrogens (tertiary/aromatic N) is 2. The number of phenolic OH excluding ortho intramolecular Hbond substituents is 1. The van der Waals surface area contributed by atoms with Crippen LogP contribution in [0.5, 0.6) is 5.75 Å². The molecule has 1 aromatic carbocycles. The third-order valence-corrected chi connectivity index (χ3v) is 6.40. The lowest BCUT2D eigenvalue weighted by atomic mass is 10.2. The number of rotatable bonds is 3. The Kier molecular flexibility index (Phi) is 4.33. The number of aromatic hydroxyl groups is 1. The van der Waals surface area contributed by atoms with Crippen molar-refractivity contribution in [1.82, 2.24) is 4.90 Å². The van der Waals surface area contributed by atoms with Gasteiger partial charge in [-0.2, -0.15) is 0 Å². The van der Waals surface area contributed by atoms with E-state index in [0.717, 1.165) is 0 Å². The second kappa shape index (κ2) is 6.10. The molecule has 2 N–H and O–H groups in total. The summed E-state index contributed by atoms with van der Waals surface area (Å²) in [6.07, 6.45) is 0. The van der Waals surface area contributed by atoms with Crippen molar-refractivity contribution in [2.45, 2.75) is 17.5 Å². The summed E-state index contributed by atoms with van der Waals surface area (Å²) in [5.74, 6) is -0.283. The molecule has 8 heteroatoms. The highest BCUT2D eigenvalue weighted by atomic mass is 32.2. The number of hydrogen-bond acceptors (Lipinski definition) is 6. The average Bonchev–Trinajstić information content (AvgIpc) is 3.05. The van der Waals surface area contributed by atoms with E-state index in [1.165, 1.54) is 30.0 Å². The predicted octanol–water partition coefficient (Wildman–Crippen LogP) is 1.85. The van der Waals surface area contributed by atoms with E-state index in [0.29, 0.717) is 16.5 Å². The first kappa shape index (κ1) is 15.6. The SMILES string of the molecule is CN1C(C2CSC(c3c(O)cccc3F)=N2)SC[C@@H]1C(=O)O. The van der Waals surface area contributed by atoms with Crippen molar-refractivity contribution in [3.63, 3.8) is 0 Å². The fourth-order valence-electron chi connectivity index (χ4n) is 2.63. The van der Waals surface area contributed by atoms with Crippen LogP contribution in [0.15, 0.2) is 23.2 Å². The molecule has 0 bridgehead atoms. The molecule has 0 aromatic heterocycles. The van der Waals surface area contributed by atoms with Gasteiger partial charge in [0, 0.05) is 11.5 Å². The van der Waals surface area contributed by atoms with E-state index < -0.39 is 17.8 Å². The van der Waals surface area contributed by atoms with Gasteiger partial charge in [0.2, 0.25) is 0 Å². The van der Waals surface area contributed by atoms with Crippen LogP contribution in [0.25, 0.3) is 0 Å². The molecule has 2 heterocycles. The average molecular weight is 342 g/mol. The fourth-order valence-corrected chi connectivity index (χ4v) is 5.41. The lowest BCUT2D eigenvalue weighted by Crippen LogP contribution is -2.42. The summed E-state index contributed by atoms with van der Waals surface area (Å²) in [5.41, 5.74) is 0.135. The van der Waals surface area contributed by atoms with Gasteiger partial charge >= 0.3 is 5.97 Å². The number of benzene rings is 1. The number of carboxylic acids is 1. The van der Waals surface area contributed by atoms with Gasteiger partial charge in [-0.05, 0) is 19.2 Å². The molecule has 1 fully saturated rings. The molecule has 3 atom stereocenters. The van der Waals surface area contributed by atoms with Gasteiger partial charge in [0.1, 0.15) is 22.7 Å². The van der Waals surface area contributed by atoms with Gasteiger partial charge in [-0.25, -0.2) is 4.39 Å². The normalized spacial score (nSPS) is 28.8. The molecule has 118 valence electrons. The summed E-state index contributed by atoms with van der Waals surface area (Å²) in [6.45, 7) is 0. The van der Waals surface area contributed by atoms with E-state index in [9.17, 15) is 14.3 Å². The van der Waals surface area contributed by atoms with Crippen LogP contribution in [0.4, 0.5) is 4.39 Å². The number of hydrogen-bond donors (Lipinski definition) is 2. The van der Waals surface area contributed by atoms with Crippen LogP contribution >= 0.6 is 23.5 Å². The summed E-state index contributed by atoms with van der Waals surface area (Å²) >= 11 is 2.95. The topological polar surface area (TPSA) is 73.1 Å². The highest BCUT2D eigenvalue weighted by molar-refractivity contribution is 8.14. The molecule has 0 spiro atoms. The maximum Gasteiger partial charge on any atom is 0.321 e. The van der Waals surface area contributed by atoms with Gasteiger partial charge in [0.05, 0.1) is 17.0 Å². The summed E-state index contributed by atoms with van der Waals surface area (Å²) in [6, 6.07) is 3.55. The molecule has 1 saturated heterocycles. The molecule has 0 radical (unpaired) electrons. The fraction of sp³-hybridized carbons (Fsp3) is 0.429. The molecule has 22 heavy (non-hydrogen) atoms. The van der Waals surface area contributed by atoms with Crippen molar-refractivity contribution in [2.75, 3.05) is 18.6 Å². The van der Waals surface area contributed by atoms with Gasteiger partial charge in [-0.1, -0.05) is 6.07 Å². The van der Waals surface area contributed by atoms with Crippen molar-refractivity contribution >= 4 is 34.5 Å². The zero-order chi connectivity index (χ0) is 15.9. The van der Waals surface area contributed by atoms with Crippen LogP contribution in [-0.2, 0) is 4.79 Å². The highest BCUT2D eigenvalue weighted by Gasteiger charge is 2.41. The Morgan fingerprint density at radius 1 is 1.45 bits per heavy atom. The number of likely N-dealkylation sites (N-methyl/N-ethyl adjacent to an activating group) is 1. The number of aliphatic carboxylic acids is 1. The Labute approximate surface area is 135 Å². The van der Waals surface area contributed by atoms with E-state index in [1.54, 1.807) is 18.8 Å². The molecule has 2 unspecified atom stereocenters. The number of thioether (sulfide) groups is 2. The zero-order valence-corrected chi connectivity index (χ0v) is 13.4. The van der Waals surface area contributed by atoms with Crippen molar-refractivity contribution in [3.05, 3.63) is 29.6 Å². The maximum absolute atomic E-state index is 13.9. The molecular formula is C14H15FN2O3S2. The zero-order valence-electron chi connectivity index (χ0n) is 11.8. The molecule has 0 aliphatic carbocycles. The van der Waals surface area contributed by atoms with E-state index >= 15 is 0 Å². The van der Waals surface area contributed by atoms with E-state index in [4.69, 9.17) is 5.11 Å². The Hall–Kier alpha value is -1.25. The van der Waals surface area contributed by atoms with E-state index in [1.807, 2.05) is 4.90 Å². The van der Waals surface area contributed by atoms with E-state index in [2.05, 4.69) is 4.99 Å². The first-order valence-corrected chi connectivity index (χ1v) is 8.77. The molecule has 5 nitrogen and oxygen atoms in total. The minimum Gasteiger partial charge on any atom is -0.507 e. The third kappa shape index (κ3) is 2.70. The van der Waals surface area contributed by atoms with Crippen molar-refractivity contribution in [1.29, 1.82) is 0 Å². The first-order chi connectivity index (χ1) is 10.5. The Balaban J connectivity index is 1.82. The summed E-state index contributed by atoms with van der Waals surface area (Å²) in [7, 11) is 1.78. The second-order valence-electron chi connectivity index (χ2n) is 5.19. The van der Waals surface area contributed by atoms with Crippen molar-refractivity contribution in [2.24, 2.45) is 4.99 Å². The first-order valence-electron chi connectivity index (χ1n) is 6.74. The summed E-state index contributed by atoms with van der Waals surface area (Å²) in [4.78, 5) is 17.5. The number of aliphatic imine (C=N–C) groups is 1. The molecule has 2 aliphatic heterocycles. The summed E-state index contributed by atoms with van der Waals surface area (Å²) < 4.78 is 13.9.